The van der Waals surface area contributed by atoms with Crippen LogP contribution in [-0.2, 0) is 15.4 Å². The van der Waals surface area contributed by atoms with Gasteiger partial charge in [0.05, 0.1) is 4.75 Å². The minimum Gasteiger partial charge on any atom is -0.334 e. The van der Waals surface area contributed by atoms with E-state index in [-0.39, 0.29) is 23.5 Å². The molecule has 1 aliphatic carbocycles. The molecule has 1 aliphatic heterocycles. The zero-order valence-electron chi connectivity index (χ0n) is 20.7. The molecule has 6 nitrogen and oxygen atoms in total. The van der Waals surface area contributed by atoms with Crippen LogP contribution in [0.25, 0.3) is 0 Å². The molecule has 0 radical (unpaired) electrons. The van der Waals surface area contributed by atoms with Crippen molar-refractivity contribution in [3.63, 3.8) is 0 Å². The van der Waals surface area contributed by atoms with E-state index in [0.29, 0.717) is 31.8 Å². The number of hydrogen-bond donors (Lipinski definition) is 2. The first-order chi connectivity index (χ1) is 15.3. The molecular formula is C25H40ClN3O3S. The van der Waals surface area contributed by atoms with Crippen LogP contribution in [0.3, 0.4) is 0 Å². The fourth-order valence-electron chi connectivity index (χ4n) is 4.91. The molecule has 0 spiro atoms. The number of rotatable bonds is 7. The van der Waals surface area contributed by atoms with Gasteiger partial charge in [-0.3, -0.25) is 0 Å². The second kappa shape index (κ2) is 10.1. The Morgan fingerprint density at radius 1 is 1.15 bits per heavy atom. The highest BCUT2D eigenvalue weighted by molar-refractivity contribution is 7.90. The molecular weight excluding hydrogens is 458 g/mol. The molecule has 2 aliphatic rings. The number of hydrogen-bond acceptors (Lipinski definition) is 3. The van der Waals surface area contributed by atoms with Crippen molar-refractivity contribution in [3.05, 3.63) is 34.9 Å². The zero-order valence-corrected chi connectivity index (χ0v) is 22.2. The topological polar surface area (TPSA) is 78.5 Å². The second-order valence-corrected chi connectivity index (χ2v) is 14.0. The Kier molecular flexibility index (Phi) is 8.07. The van der Waals surface area contributed by atoms with Gasteiger partial charge in [-0.15, -0.1) is 0 Å². The predicted octanol–water partition coefficient (Wildman–Crippen LogP) is 5.07. The monoisotopic (exact) mass is 497 g/mol. The van der Waals surface area contributed by atoms with Crippen molar-refractivity contribution >= 4 is 27.7 Å². The van der Waals surface area contributed by atoms with E-state index in [1.807, 2.05) is 17.0 Å². The number of amides is 2. The third kappa shape index (κ3) is 6.04. The van der Waals surface area contributed by atoms with Crippen LogP contribution >= 0.6 is 11.6 Å². The molecule has 1 unspecified atom stereocenters. The summed E-state index contributed by atoms with van der Waals surface area (Å²) in [7, 11) is -3.39. The Morgan fingerprint density at radius 2 is 1.73 bits per heavy atom. The maximum atomic E-state index is 13.3. The molecule has 186 valence electrons. The van der Waals surface area contributed by atoms with Crippen molar-refractivity contribution in [2.45, 2.75) is 95.4 Å². The quantitative estimate of drug-likeness (QED) is 0.552. The molecule has 2 fully saturated rings. The molecule has 1 aromatic carbocycles. The molecule has 2 N–H and O–H groups in total. The van der Waals surface area contributed by atoms with E-state index >= 15 is 0 Å². The third-order valence-electron chi connectivity index (χ3n) is 7.25. The predicted molar refractivity (Wildman–Crippen MR) is 135 cm³/mol. The molecule has 3 rings (SSSR count). The van der Waals surface area contributed by atoms with Crippen LogP contribution < -0.4 is 10.0 Å². The number of nitrogens with one attached hydrogen (secondary N) is 2. The molecule has 2 amide bonds. The summed E-state index contributed by atoms with van der Waals surface area (Å²) >= 11 is 6.13. The van der Waals surface area contributed by atoms with E-state index in [9.17, 15) is 13.2 Å². The molecule has 1 aromatic rings. The summed E-state index contributed by atoms with van der Waals surface area (Å²) in [5.74, 6) is 0.456. The van der Waals surface area contributed by atoms with E-state index in [1.54, 1.807) is 20.8 Å². The summed E-state index contributed by atoms with van der Waals surface area (Å²) in [5.41, 5.74) is 1.20. The number of nitrogens with zero attached hydrogens (tertiary/aromatic N) is 1. The number of carbonyl (C=O) groups excluding carboxylic acids is 1. The standard InChI is InChI=1S/C25H40ClN3O3S/c1-18(2)17-22(25(13-6-14-25)19-7-9-20(26)10-8-19)27-23(30)29-15-11-21(12-16-29)28-33(31,32)24(3,4)5/h7-10,18,21-22,28H,6,11-17H2,1-5H3,(H,27,30). The van der Waals surface area contributed by atoms with Crippen molar-refractivity contribution in [1.82, 2.24) is 14.9 Å². The van der Waals surface area contributed by atoms with Gasteiger partial charge in [0.2, 0.25) is 10.0 Å². The average Bonchev–Trinajstić information content (AvgIpc) is 2.67. The van der Waals surface area contributed by atoms with Gasteiger partial charge in [0.1, 0.15) is 0 Å². The SMILES string of the molecule is CC(C)CC(NC(=O)N1CCC(NS(=O)(=O)C(C)(C)C)CC1)C1(c2ccc(Cl)cc2)CCC1. The van der Waals surface area contributed by atoms with Crippen LogP contribution in [0.2, 0.25) is 5.02 Å². The van der Waals surface area contributed by atoms with Crippen LogP contribution in [-0.4, -0.2) is 49.3 Å². The molecule has 0 bridgehead atoms. The number of piperidine rings is 1. The first-order valence-corrected chi connectivity index (χ1v) is 14.0. The van der Waals surface area contributed by atoms with E-state index in [2.05, 4.69) is 36.0 Å². The van der Waals surface area contributed by atoms with E-state index in [4.69, 9.17) is 11.6 Å². The van der Waals surface area contributed by atoms with E-state index in [1.165, 1.54) is 5.56 Å². The summed E-state index contributed by atoms with van der Waals surface area (Å²) in [6, 6.07) is 7.97. The number of likely N-dealkylation sites (tertiary alicyclic amines) is 1. The Morgan fingerprint density at radius 3 is 2.18 bits per heavy atom. The van der Waals surface area contributed by atoms with Gasteiger partial charge in [0, 0.05) is 35.6 Å². The Balaban J connectivity index is 1.66. The number of urea groups is 1. The van der Waals surface area contributed by atoms with Crippen LogP contribution in [0.4, 0.5) is 4.79 Å². The summed E-state index contributed by atoms with van der Waals surface area (Å²) < 4.78 is 26.9. The molecule has 1 heterocycles. The molecule has 1 saturated carbocycles. The zero-order chi connectivity index (χ0) is 24.4. The number of halogens is 1. The molecule has 1 saturated heterocycles. The average molecular weight is 498 g/mol. The summed E-state index contributed by atoms with van der Waals surface area (Å²) in [5, 5.41) is 4.10. The normalized spacial score (nSPS) is 20.4. The second-order valence-electron chi connectivity index (χ2n) is 11.1. The van der Waals surface area contributed by atoms with Gasteiger partial charge < -0.3 is 10.2 Å². The number of benzene rings is 1. The minimum atomic E-state index is -3.39. The van der Waals surface area contributed by atoms with Gasteiger partial charge in [-0.25, -0.2) is 17.9 Å². The van der Waals surface area contributed by atoms with Gasteiger partial charge in [-0.05, 0) is 76.5 Å². The van der Waals surface area contributed by atoms with Crippen LogP contribution in [0.5, 0.6) is 0 Å². The number of sulfonamides is 1. The van der Waals surface area contributed by atoms with E-state index in [0.717, 1.165) is 30.7 Å². The lowest BCUT2D eigenvalue weighted by atomic mass is 9.59. The number of carbonyl (C=O) groups is 1. The summed E-state index contributed by atoms with van der Waals surface area (Å²) in [4.78, 5) is 15.1. The van der Waals surface area contributed by atoms with Crippen molar-refractivity contribution in [2.24, 2.45) is 5.92 Å². The lowest BCUT2D eigenvalue weighted by Crippen LogP contribution is -2.58. The van der Waals surface area contributed by atoms with Crippen molar-refractivity contribution in [3.8, 4) is 0 Å². The highest BCUT2D eigenvalue weighted by Crippen LogP contribution is 2.48. The fraction of sp³-hybridized carbons (Fsp3) is 0.720. The summed E-state index contributed by atoms with van der Waals surface area (Å²) in [6.45, 7) is 10.6. The van der Waals surface area contributed by atoms with Gasteiger partial charge >= 0.3 is 6.03 Å². The lowest BCUT2D eigenvalue weighted by Gasteiger charge is -2.49. The first-order valence-electron chi connectivity index (χ1n) is 12.2. The van der Waals surface area contributed by atoms with Crippen LogP contribution in [0.15, 0.2) is 24.3 Å². The van der Waals surface area contributed by atoms with Gasteiger partial charge in [-0.1, -0.05) is 44.0 Å². The Bertz CT molecular complexity index is 913. The largest absolute Gasteiger partial charge is 0.334 e. The third-order valence-corrected chi connectivity index (χ3v) is 9.75. The van der Waals surface area contributed by atoms with Gasteiger partial charge in [0.15, 0.2) is 0 Å². The fourth-order valence-corrected chi connectivity index (χ4v) is 6.06. The molecule has 0 aromatic heterocycles. The van der Waals surface area contributed by atoms with Crippen LogP contribution in [0.1, 0.15) is 78.7 Å². The van der Waals surface area contributed by atoms with Crippen molar-refractivity contribution in [1.29, 1.82) is 0 Å². The van der Waals surface area contributed by atoms with Crippen molar-refractivity contribution < 1.29 is 13.2 Å². The molecule has 8 heteroatoms. The Hall–Kier alpha value is -1.31. The summed E-state index contributed by atoms with van der Waals surface area (Å²) in [6.07, 6.45) is 5.44. The minimum absolute atomic E-state index is 0.0435. The maximum absolute atomic E-state index is 13.3. The van der Waals surface area contributed by atoms with Crippen molar-refractivity contribution in [2.75, 3.05) is 13.1 Å². The van der Waals surface area contributed by atoms with Gasteiger partial charge in [-0.2, -0.15) is 0 Å². The van der Waals surface area contributed by atoms with Crippen LogP contribution in [0, 0.1) is 5.92 Å². The highest BCUT2D eigenvalue weighted by atomic mass is 35.5. The lowest BCUT2D eigenvalue weighted by molar-refractivity contribution is 0.133. The smallest absolute Gasteiger partial charge is 0.317 e. The van der Waals surface area contributed by atoms with E-state index < -0.39 is 14.8 Å². The first kappa shape index (κ1) is 26.3. The van der Waals surface area contributed by atoms with Gasteiger partial charge in [0.25, 0.3) is 0 Å². The molecule has 33 heavy (non-hydrogen) atoms. The Labute approximate surface area is 204 Å². The highest BCUT2D eigenvalue weighted by Gasteiger charge is 2.46. The maximum Gasteiger partial charge on any atom is 0.317 e. The molecule has 1 atom stereocenters.